The van der Waals surface area contributed by atoms with Gasteiger partial charge in [0.15, 0.2) is 0 Å². The van der Waals surface area contributed by atoms with Gasteiger partial charge in [-0.1, -0.05) is 152 Å². The highest BCUT2D eigenvalue weighted by Gasteiger charge is 2.18. The van der Waals surface area contributed by atoms with Gasteiger partial charge in [-0.3, -0.25) is 0 Å². The molecule has 0 fully saturated rings. The van der Waals surface area contributed by atoms with Gasteiger partial charge < -0.3 is 4.42 Å². The van der Waals surface area contributed by atoms with E-state index in [4.69, 9.17) is 4.42 Å². The van der Waals surface area contributed by atoms with E-state index in [9.17, 15) is 0 Å². The van der Waals surface area contributed by atoms with E-state index in [0.717, 1.165) is 27.5 Å². The van der Waals surface area contributed by atoms with Crippen LogP contribution in [-0.2, 0) is 0 Å². The molecule has 10 rings (SSSR count). The van der Waals surface area contributed by atoms with E-state index >= 15 is 0 Å². The first kappa shape index (κ1) is 27.7. The molecule has 10 aromatic rings. The molecule has 0 aliphatic heterocycles. The number of benzene rings is 9. The van der Waals surface area contributed by atoms with Crippen LogP contribution in [0.5, 0.6) is 0 Å². The monoisotopic (exact) mass is 622 g/mol. The summed E-state index contributed by atoms with van der Waals surface area (Å²) in [6.45, 7) is 0. The second kappa shape index (κ2) is 11.1. The molecule has 0 aliphatic rings. The van der Waals surface area contributed by atoms with Crippen molar-refractivity contribution in [2.75, 3.05) is 0 Å². The molecule has 1 aromatic heterocycles. The van der Waals surface area contributed by atoms with Gasteiger partial charge in [0, 0.05) is 10.8 Å². The minimum atomic E-state index is 0.914. The molecule has 0 saturated carbocycles. The summed E-state index contributed by atoms with van der Waals surface area (Å²) < 4.78 is 6.33. The number of furan rings is 1. The zero-order valence-electron chi connectivity index (χ0n) is 26.7. The third-order valence-electron chi connectivity index (χ3n) is 10.1. The number of hydrogen-bond donors (Lipinski definition) is 0. The lowest BCUT2D eigenvalue weighted by molar-refractivity contribution is 0.669. The molecule has 0 spiro atoms. The van der Waals surface area contributed by atoms with Crippen molar-refractivity contribution in [1.82, 2.24) is 0 Å². The highest BCUT2D eigenvalue weighted by Crippen LogP contribution is 2.45. The summed E-state index contributed by atoms with van der Waals surface area (Å²) >= 11 is 0. The number of fused-ring (bicyclic) bond motifs is 6. The molecule has 0 unspecified atom stereocenters. The van der Waals surface area contributed by atoms with Crippen molar-refractivity contribution in [1.29, 1.82) is 0 Å². The molecule has 1 heteroatoms. The van der Waals surface area contributed by atoms with Crippen molar-refractivity contribution >= 4 is 54.3 Å². The third kappa shape index (κ3) is 4.55. The van der Waals surface area contributed by atoms with Crippen molar-refractivity contribution in [3.63, 3.8) is 0 Å². The normalized spacial score (nSPS) is 11.7. The van der Waals surface area contributed by atoms with E-state index in [1.165, 1.54) is 71.3 Å². The topological polar surface area (TPSA) is 13.1 Å². The number of para-hydroxylation sites is 1. The van der Waals surface area contributed by atoms with Crippen molar-refractivity contribution in [3.8, 4) is 44.5 Å². The highest BCUT2D eigenvalue weighted by molar-refractivity contribution is 6.22. The molecular formula is C48H30O. The van der Waals surface area contributed by atoms with Crippen LogP contribution in [0.4, 0.5) is 0 Å². The van der Waals surface area contributed by atoms with E-state index in [1.807, 2.05) is 12.1 Å². The number of hydrogen-bond acceptors (Lipinski definition) is 1. The lowest BCUT2D eigenvalue weighted by Gasteiger charge is -2.18. The van der Waals surface area contributed by atoms with Gasteiger partial charge in [-0.2, -0.15) is 0 Å². The maximum Gasteiger partial charge on any atom is 0.136 e. The van der Waals surface area contributed by atoms with Crippen LogP contribution in [0.3, 0.4) is 0 Å². The van der Waals surface area contributed by atoms with E-state index in [1.54, 1.807) is 0 Å². The molecule has 228 valence electrons. The predicted molar refractivity (Wildman–Crippen MR) is 208 cm³/mol. The van der Waals surface area contributed by atoms with Crippen LogP contribution < -0.4 is 0 Å². The van der Waals surface area contributed by atoms with E-state index in [2.05, 4.69) is 170 Å². The van der Waals surface area contributed by atoms with Gasteiger partial charge in [0.1, 0.15) is 11.2 Å². The molecule has 0 N–H and O–H groups in total. The minimum absolute atomic E-state index is 0.914. The van der Waals surface area contributed by atoms with Crippen LogP contribution in [0.15, 0.2) is 186 Å². The van der Waals surface area contributed by atoms with Crippen molar-refractivity contribution in [2.45, 2.75) is 0 Å². The summed E-state index contributed by atoms with van der Waals surface area (Å²) in [4.78, 5) is 0. The minimum Gasteiger partial charge on any atom is -0.456 e. The summed E-state index contributed by atoms with van der Waals surface area (Å²) in [5, 5.41) is 9.73. The molecule has 1 nitrogen and oxygen atoms in total. The van der Waals surface area contributed by atoms with Crippen molar-refractivity contribution in [3.05, 3.63) is 182 Å². The number of rotatable bonds is 4. The molecule has 0 atom stereocenters. The summed E-state index contributed by atoms with van der Waals surface area (Å²) in [5.41, 5.74) is 11.6. The van der Waals surface area contributed by atoms with Crippen LogP contribution in [0, 0.1) is 0 Å². The second-order valence-corrected chi connectivity index (χ2v) is 12.9. The maximum absolute atomic E-state index is 6.33. The first-order valence-electron chi connectivity index (χ1n) is 16.8. The molecule has 9 aromatic carbocycles. The van der Waals surface area contributed by atoms with Gasteiger partial charge in [0.25, 0.3) is 0 Å². The maximum atomic E-state index is 6.33. The van der Waals surface area contributed by atoms with Crippen LogP contribution >= 0.6 is 0 Å². The molecule has 0 radical (unpaired) electrons. The standard InChI is InChI=1S/C48H30O/c1-2-10-31(11-3-1)32-18-20-33(21-19-32)34-22-23-36-29-37(25-24-35(36)28-34)47-41-13-4-6-15-43(41)48(44-16-7-5-14-42(44)47)38-26-27-40-39-12-8-9-17-45(39)49-46(40)30-38/h1-30H. The molecule has 0 bridgehead atoms. The van der Waals surface area contributed by atoms with Gasteiger partial charge in [0.05, 0.1) is 0 Å². The van der Waals surface area contributed by atoms with Crippen LogP contribution in [-0.4, -0.2) is 0 Å². The van der Waals surface area contributed by atoms with Crippen LogP contribution in [0.1, 0.15) is 0 Å². The molecule has 0 amide bonds. The third-order valence-corrected chi connectivity index (χ3v) is 10.1. The second-order valence-electron chi connectivity index (χ2n) is 12.9. The Balaban J connectivity index is 1.10. The molecule has 0 aliphatic carbocycles. The Bertz CT molecular complexity index is 2800. The zero-order chi connectivity index (χ0) is 32.3. The average Bonchev–Trinajstić information content (AvgIpc) is 3.55. The summed E-state index contributed by atoms with van der Waals surface area (Å²) in [5.74, 6) is 0. The Kier molecular flexibility index (Phi) is 6.25. The lowest BCUT2D eigenvalue weighted by atomic mass is 9.85. The Hall–Kier alpha value is -6.44. The lowest BCUT2D eigenvalue weighted by Crippen LogP contribution is -1.91. The molecule has 49 heavy (non-hydrogen) atoms. The van der Waals surface area contributed by atoms with Gasteiger partial charge in [-0.05, 0) is 107 Å². The fraction of sp³-hybridized carbons (Fsp3) is 0. The Morgan fingerprint density at radius 1 is 0.245 bits per heavy atom. The van der Waals surface area contributed by atoms with E-state index in [0.29, 0.717) is 0 Å². The van der Waals surface area contributed by atoms with Gasteiger partial charge in [-0.15, -0.1) is 0 Å². The van der Waals surface area contributed by atoms with Crippen LogP contribution in [0.25, 0.3) is 98.8 Å². The SMILES string of the molecule is c1ccc(-c2ccc(-c3ccc4cc(-c5c6ccccc6c(-c6ccc7c(c6)oc6ccccc67)c6ccccc56)ccc4c3)cc2)cc1. The van der Waals surface area contributed by atoms with E-state index in [-0.39, 0.29) is 0 Å². The summed E-state index contributed by atoms with van der Waals surface area (Å²) in [6.07, 6.45) is 0. The summed E-state index contributed by atoms with van der Waals surface area (Å²) in [6, 6.07) is 65.8. The fourth-order valence-electron chi connectivity index (χ4n) is 7.70. The smallest absolute Gasteiger partial charge is 0.136 e. The largest absolute Gasteiger partial charge is 0.456 e. The first-order chi connectivity index (χ1) is 24.3. The molecular weight excluding hydrogens is 593 g/mol. The van der Waals surface area contributed by atoms with Crippen molar-refractivity contribution in [2.24, 2.45) is 0 Å². The summed E-state index contributed by atoms with van der Waals surface area (Å²) in [7, 11) is 0. The fourth-order valence-corrected chi connectivity index (χ4v) is 7.70. The Morgan fingerprint density at radius 3 is 1.29 bits per heavy atom. The molecule has 0 saturated heterocycles. The Morgan fingerprint density at radius 2 is 0.653 bits per heavy atom. The van der Waals surface area contributed by atoms with E-state index < -0.39 is 0 Å². The predicted octanol–water partition coefficient (Wildman–Crippen LogP) is 13.7. The van der Waals surface area contributed by atoms with Gasteiger partial charge in [0.2, 0.25) is 0 Å². The average molecular weight is 623 g/mol. The van der Waals surface area contributed by atoms with Gasteiger partial charge in [-0.25, -0.2) is 0 Å². The zero-order valence-corrected chi connectivity index (χ0v) is 26.7. The first-order valence-corrected chi connectivity index (χ1v) is 16.8. The van der Waals surface area contributed by atoms with Crippen molar-refractivity contribution < 1.29 is 4.42 Å². The highest BCUT2D eigenvalue weighted by atomic mass is 16.3. The van der Waals surface area contributed by atoms with Gasteiger partial charge >= 0.3 is 0 Å². The Labute approximate surface area is 284 Å². The molecule has 1 heterocycles. The quantitative estimate of drug-likeness (QED) is 0.178. The van der Waals surface area contributed by atoms with Crippen LogP contribution in [0.2, 0.25) is 0 Å².